The van der Waals surface area contributed by atoms with E-state index in [1.165, 1.54) is 10.9 Å². The standard InChI is InChI=1S/C16H15N3O/c20-16(15-3-1-2-8-17-15)19-9-6-12-4-5-14-13(11-12)7-10-18-14/h1-5,7-8,10-11,18H,6,9H2,(H,19,20). The van der Waals surface area contributed by atoms with E-state index in [0.717, 1.165) is 11.9 Å². The molecule has 20 heavy (non-hydrogen) atoms. The Morgan fingerprint density at radius 3 is 3.00 bits per heavy atom. The van der Waals surface area contributed by atoms with Gasteiger partial charge in [-0.05, 0) is 47.7 Å². The summed E-state index contributed by atoms with van der Waals surface area (Å²) in [6.45, 7) is 0.603. The number of hydrogen-bond donors (Lipinski definition) is 2. The molecule has 0 aliphatic rings. The second kappa shape index (κ2) is 5.57. The number of fused-ring (bicyclic) bond motifs is 1. The van der Waals surface area contributed by atoms with E-state index in [4.69, 9.17) is 0 Å². The number of rotatable bonds is 4. The molecule has 0 saturated heterocycles. The average molecular weight is 265 g/mol. The Hall–Kier alpha value is -2.62. The Morgan fingerprint density at radius 2 is 2.15 bits per heavy atom. The second-order valence-electron chi connectivity index (χ2n) is 4.62. The molecule has 0 saturated carbocycles. The second-order valence-corrected chi connectivity index (χ2v) is 4.62. The molecule has 1 amide bonds. The first-order valence-electron chi connectivity index (χ1n) is 6.58. The Kier molecular flexibility index (Phi) is 3.46. The van der Waals surface area contributed by atoms with E-state index in [0.29, 0.717) is 12.2 Å². The van der Waals surface area contributed by atoms with Crippen molar-refractivity contribution in [1.29, 1.82) is 0 Å². The zero-order valence-corrected chi connectivity index (χ0v) is 11.0. The number of carbonyl (C=O) groups excluding carboxylic acids is 1. The highest BCUT2D eigenvalue weighted by molar-refractivity contribution is 5.92. The first-order chi connectivity index (χ1) is 9.83. The quantitative estimate of drug-likeness (QED) is 0.761. The van der Waals surface area contributed by atoms with Crippen LogP contribution < -0.4 is 5.32 Å². The summed E-state index contributed by atoms with van der Waals surface area (Å²) >= 11 is 0. The molecule has 0 fully saturated rings. The number of nitrogens with zero attached hydrogens (tertiary/aromatic N) is 1. The smallest absolute Gasteiger partial charge is 0.269 e. The Labute approximate surface area is 116 Å². The van der Waals surface area contributed by atoms with Gasteiger partial charge in [0, 0.05) is 24.5 Å². The van der Waals surface area contributed by atoms with Crippen LogP contribution in [0.3, 0.4) is 0 Å². The maximum absolute atomic E-state index is 11.8. The maximum atomic E-state index is 11.8. The predicted octanol–water partition coefficient (Wildman–Crippen LogP) is 2.54. The number of aromatic nitrogens is 2. The van der Waals surface area contributed by atoms with Gasteiger partial charge in [0.05, 0.1) is 0 Å². The monoisotopic (exact) mass is 265 g/mol. The summed E-state index contributed by atoms with van der Waals surface area (Å²) in [5.41, 5.74) is 2.79. The molecule has 0 radical (unpaired) electrons. The highest BCUT2D eigenvalue weighted by Gasteiger charge is 2.05. The van der Waals surface area contributed by atoms with Crippen molar-refractivity contribution in [1.82, 2.24) is 15.3 Å². The highest BCUT2D eigenvalue weighted by Crippen LogP contribution is 2.14. The molecule has 100 valence electrons. The van der Waals surface area contributed by atoms with Crippen molar-refractivity contribution in [3.8, 4) is 0 Å². The number of carbonyl (C=O) groups is 1. The first kappa shape index (κ1) is 12.4. The molecule has 2 heterocycles. The van der Waals surface area contributed by atoms with Crippen LogP contribution in [0.4, 0.5) is 0 Å². The van der Waals surface area contributed by atoms with Gasteiger partial charge >= 0.3 is 0 Å². The molecule has 2 aromatic heterocycles. The highest BCUT2D eigenvalue weighted by atomic mass is 16.1. The third-order valence-electron chi connectivity index (χ3n) is 3.21. The summed E-state index contributed by atoms with van der Waals surface area (Å²) < 4.78 is 0. The molecule has 0 aliphatic carbocycles. The fraction of sp³-hybridized carbons (Fsp3) is 0.125. The van der Waals surface area contributed by atoms with Crippen LogP contribution in [0.1, 0.15) is 16.1 Å². The zero-order chi connectivity index (χ0) is 13.8. The molecule has 3 aromatic rings. The van der Waals surface area contributed by atoms with Gasteiger partial charge in [-0.3, -0.25) is 9.78 Å². The van der Waals surface area contributed by atoms with Gasteiger partial charge in [0.1, 0.15) is 5.69 Å². The molecule has 0 atom stereocenters. The first-order valence-corrected chi connectivity index (χ1v) is 6.58. The molecule has 1 aromatic carbocycles. The number of pyridine rings is 1. The molecule has 0 bridgehead atoms. The molecule has 3 rings (SSSR count). The number of nitrogens with one attached hydrogen (secondary N) is 2. The minimum Gasteiger partial charge on any atom is -0.361 e. The van der Waals surface area contributed by atoms with Gasteiger partial charge in [0.2, 0.25) is 0 Å². The molecule has 0 aliphatic heterocycles. The lowest BCUT2D eigenvalue weighted by atomic mass is 10.1. The van der Waals surface area contributed by atoms with Gasteiger partial charge in [-0.2, -0.15) is 0 Å². The van der Waals surface area contributed by atoms with Crippen molar-refractivity contribution < 1.29 is 4.79 Å². The Bertz CT molecular complexity index is 719. The number of aromatic amines is 1. The summed E-state index contributed by atoms with van der Waals surface area (Å²) in [6, 6.07) is 13.6. The van der Waals surface area contributed by atoms with E-state index in [1.807, 2.05) is 18.3 Å². The summed E-state index contributed by atoms with van der Waals surface area (Å²) in [5, 5.41) is 4.07. The predicted molar refractivity (Wildman–Crippen MR) is 78.6 cm³/mol. The lowest BCUT2D eigenvalue weighted by molar-refractivity contribution is 0.0949. The summed E-state index contributed by atoms with van der Waals surface area (Å²) in [7, 11) is 0. The summed E-state index contributed by atoms with van der Waals surface area (Å²) in [6.07, 6.45) is 4.35. The number of benzene rings is 1. The van der Waals surface area contributed by atoms with Crippen molar-refractivity contribution in [2.24, 2.45) is 0 Å². The van der Waals surface area contributed by atoms with Gasteiger partial charge in [-0.25, -0.2) is 0 Å². The topological polar surface area (TPSA) is 57.8 Å². The molecule has 4 nitrogen and oxygen atoms in total. The average Bonchev–Trinajstić information content (AvgIpc) is 2.95. The third-order valence-corrected chi connectivity index (χ3v) is 3.21. The van der Waals surface area contributed by atoms with Crippen LogP contribution in [0.5, 0.6) is 0 Å². The minimum atomic E-state index is -0.131. The fourth-order valence-electron chi connectivity index (χ4n) is 2.17. The van der Waals surface area contributed by atoms with Crippen molar-refractivity contribution in [3.05, 3.63) is 66.1 Å². The Balaban J connectivity index is 1.58. The maximum Gasteiger partial charge on any atom is 0.269 e. The lowest BCUT2D eigenvalue weighted by Crippen LogP contribution is -2.26. The summed E-state index contributed by atoms with van der Waals surface area (Å²) in [4.78, 5) is 19.0. The summed E-state index contributed by atoms with van der Waals surface area (Å²) in [5.74, 6) is -0.131. The molecule has 2 N–H and O–H groups in total. The van der Waals surface area contributed by atoms with Crippen LogP contribution in [0.15, 0.2) is 54.9 Å². The normalized spacial score (nSPS) is 10.6. The molecule has 0 unspecified atom stereocenters. The van der Waals surface area contributed by atoms with E-state index < -0.39 is 0 Å². The minimum absolute atomic E-state index is 0.131. The van der Waals surface area contributed by atoms with Crippen molar-refractivity contribution >= 4 is 16.8 Å². The van der Waals surface area contributed by atoms with E-state index >= 15 is 0 Å². The van der Waals surface area contributed by atoms with Crippen molar-refractivity contribution in [3.63, 3.8) is 0 Å². The van der Waals surface area contributed by atoms with Crippen LogP contribution >= 0.6 is 0 Å². The Morgan fingerprint density at radius 1 is 1.20 bits per heavy atom. The van der Waals surface area contributed by atoms with Gasteiger partial charge in [-0.15, -0.1) is 0 Å². The van der Waals surface area contributed by atoms with E-state index in [2.05, 4.69) is 33.5 Å². The number of amides is 1. The largest absolute Gasteiger partial charge is 0.361 e. The van der Waals surface area contributed by atoms with Gasteiger partial charge < -0.3 is 10.3 Å². The third kappa shape index (κ3) is 2.69. The van der Waals surface area contributed by atoms with Crippen molar-refractivity contribution in [2.75, 3.05) is 6.54 Å². The van der Waals surface area contributed by atoms with Crippen molar-refractivity contribution in [2.45, 2.75) is 6.42 Å². The van der Waals surface area contributed by atoms with Crippen LogP contribution in [0.25, 0.3) is 10.9 Å². The van der Waals surface area contributed by atoms with E-state index in [9.17, 15) is 4.79 Å². The van der Waals surface area contributed by atoms with Gasteiger partial charge in [0.15, 0.2) is 0 Å². The molecular formula is C16H15N3O. The zero-order valence-electron chi connectivity index (χ0n) is 11.0. The van der Waals surface area contributed by atoms with Crippen LogP contribution in [0.2, 0.25) is 0 Å². The van der Waals surface area contributed by atoms with E-state index in [1.54, 1.807) is 18.3 Å². The van der Waals surface area contributed by atoms with Crippen LogP contribution in [0, 0.1) is 0 Å². The SMILES string of the molecule is O=C(NCCc1ccc2[nH]ccc2c1)c1ccccn1. The number of hydrogen-bond acceptors (Lipinski definition) is 2. The van der Waals surface area contributed by atoms with Gasteiger partial charge in [0.25, 0.3) is 5.91 Å². The number of H-pyrrole nitrogens is 1. The van der Waals surface area contributed by atoms with Gasteiger partial charge in [-0.1, -0.05) is 12.1 Å². The van der Waals surface area contributed by atoms with E-state index in [-0.39, 0.29) is 5.91 Å². The van der Waals surface area contributed by atoms with Crippen LogP contribution in [-0.2, 0) is 6.42 Å². The lowest BCUT2D eigenvalue weighted by Gasteiger charge is -2.05. The molecule has 0 spiro atoms. The molecule has 4 heteroatoms. The van der Waals surface area contributed by atoms with Crippen LogP contribution in [-0.4, -0.2) is 22.4 Å². The fourth-order valence-corrected chi connectivity index (χ4v) is 2.17. The molecular weight excluding hydrogens is 250 g/mol.